The Labute approximate surface area is 61.6 Å². The fraction of sp³-hybridized carbons (Fsp3) is 0.833. The van der Waals surface area contributed by atoms with Gasteiger partial charge in [-0.2, -0.15) is 11.8 Å². The standard InChI is InChI=1S/C4H9NO.C2H6S/c1-4(6)5(2)3;1-3-2/h1-3H3;1-2H3. The summed E-state index contributed by atoms with van der Waals surface area (Å²) in [6.45, 7) is 1.53. The van der Waals surface area contributed by atoms with E-state index in [-0.39, 0.29) is 5.91 Å². The summed E-state index contributed by atoms with van der Waals surface area (Å²) in [5.74, 6) is 0.0926. The maximum atomic E-state index is 10.1. The number of hydrogen-bond donors (Lipinski definition) is 0. The zero-order valence-corrected chi connectivity index (χ0v) is 7.58. The highest BCUT2D eigenvalue weighted by molar-refractivity contribution is 7.97. The second-order valence-corrected chi connectivity index (χ2v) is 2.64. The molecule has 0 rings (SSSR count). The lowest BCUT2D eigenvalue weighted by molar-refractivity contribution is -0.126. The molecule has 0 heterocycles. The first-order chi connectivity index (χ1) is 4.06. The normalized spacial score (nSPS) is 7.22. The molecule has 0 spiro atoms. The molecule has 0 aromatic heterocycles. The molecule has 0 N–H and O–H groups in total. The van der Waals surface area contributed by atoms with Crippen molar-refractivity contribution in [1.82, 2.24) is 4.90 Å². The molecule has 0 saturated heterocycles. The highest BCUT2D eigenvalue weighted by Gasteiger charge is 1.87. The monoisotopic (exact) mass is 149 g/mol. The number of rotatable bonds is 0. The Morgan fingerprint density at radius 3 is 1.44 bits per heavy atom. The van der Waals surface area contributed by atoms with E-state index in [1.54, 1.807) is 25.9 Å². The van der Waals surface area contributed by atoms with Gasteiger partial charge >= 0.3 is 0 Å². The van der Waals surface area contributed by atoms with E-state index >= 15 is 0 Å². The van der Waals surface area contributed by atoms with Crippen LogP contribution in [0.5, 0.6) is 0 Å². The smallest absolute Gasteiger partial charge is 0.218 e. The van der Waals surface area contributed by atoms with E-state index in [1.807, 2.05) is 12.5 Å². The molecular formula is C6H15NOS. The molecule has 56 valence electrons. The highest BCUT2D eigenvalue weighted by Crippen LogP contribution is 1.70. The average molecular weight is 149 g/mol. The van der Waals surface area contributed by atoms with Crippen molar-refractivity contribution < 1.29 is 4.79 Å². The quantitative estimate of drug-likeness (QED) is 0.513. The summed E-state index contributed by atoms with van der Waals surface area (Å²) in [7, 11) is 3.45. The van der Waals surface area contributed by atoms with Gasteiger partial charge in [0.05, 0.1) is 0 Å². The van der Waals surface area contributed by atoms with Crippen LogP contribution in [-0.4, -0.2) is 37.4 Å². The van der Waals surface area contributed by atoms with Crippen molar-refractivity contribution in [3.05, 3.63) is 0 Å². The Morgan fingerprint density at radius 1 is 1.33 bits per heavy atom. The van der Waals surface area contributed by atoms with Gasteiger partial charge in [0.1, 0.15) is 0 Å². The Bertz CT molecular complexity index is 73.5. The van der Waals surface area contributed by atoms with E-state index in [2.05, 4.69) is 0 Å². The largest absolute Gasteiger partial charge is 0.349 e. The summed E-state index contributed by atoms with van der Waals surface area (Å²) in [6.07, 6.45) is 4.08. The molecule has 9 heavy (non-hydrogen) atoms. The first-order valence-electron chi connectivity index (χ1n) is 2.64. The molecule has 0 radical (unpaired) electrons. The van der Waals surface area contributed by atoms with E-state index in [0.717, 1.165) is 0 Å². The van der Waals surface area contributed by atoms with Gasteiger partial charge in [-0.05, 0) is 12.5 Å². The number of nitrogens with zero attached hydrogens (tertiary/aromatic N) is 1. The van der Waals surface area contributed by atoms with Crippen molar-refractivity contribution in [3.8, 4) is 0 Å². The molecule has 0 fully saturated rings. The predicted octanol–water partition coefficient (Wildman–Crippen LogP) is 1.07. The highest BCUT2D eigenvalue weighted by atomic mass is 32.2. The predicted molar refractivity (Wildman–Crippen MR) is 43.8 cm³/mol. The summed E-state index contributed by atoms with van der Waals surface area (Å²) < 4.78 is 0. The molecule has 0 bridgehead atoms. The number of hydrogen-bond acceptors (Lipinski definition) is 2. The van der Waals surface area contributed by atoms with Crippen molar-refractivity contribution in [2.24, 2.45) is 0 Å². The molecule has 1 amide bonds. The van der Waals surface area contributed by atoms with Crippen molar-refractivity contribution in [2.45, 2.75) is 6.92 Å². The van der Waals surface area contributed by atoms with Crippen LogP contribution in [0.25, 0.3) is 0 Å². The maximum absolute atomic E-state index is 10.1. The van der Waals surface area contributed by atoms with Crippen molar-refractivity contribution in [2.75, 3.05) is 26.6 Å². The number of carbonyl (C=O) groups is 1. The van der Waals surface area contributed by atoms with Crippen LogP contribution in [0.1, 0.15) is 6.92 Å². The summed E-state index contributed by atoms with van der Waals surface area (Å²) in [4.78, 5) is 11.6. The summed E-state index contributed by atoms with van der Waals surface area (Å²) >= 11 is 1.75. The first kappa shape index (κ1) is 11.6. The van der Waals surface area contributed by atoms with Crippen molar-refractivity contribution in [3.63, 3.8) is 0 Å². The van der Waals surface area contributed by atoms with Crippen LogP contribution in [-0.2, 0) is 4.79 Å². The Balaban J connectivity index is 0. The molecule has 2 nitrogen and oxygen atoms in total. The van der Waals surface area contributed by atoms with E-state index in [0.29, 0.717) is 0 Å². The summed E-state index contributed by atoms with van der Waals surface area (Å²) in [5.41, 5.74) is 0. The van der Waals surface area contributed by atoms with Crippen LogP contribution in [0.3, 0.4) is 0 Å². The van der Waals surface area contributed by atoms with Crippen LogP contribution in [0, 0.1) is 0 Å². The fourth-order valence-electron chi connectivity index (χ4n) is 0. The molecule has 0 aliphatic rings. The summed E-state index contributed by atoms with van der Waals surface area (Å²) in [6, 6.07) is 0. The fourth-order valence-corrected chi connectivity index (χ4v) is 0. The topological polar surface area (TPSA) is 20.3 Å². The number of thioether (sulfide) groups is 1. The SMILES string of the molecule is CC(=O)N(C)C.CSC. The van der Waals surface area contributed by atoms with Gasteiger partial charge in [-0.3, -0.25) is 4.79 Å². The van der Waals surface area contributed by atoms with Crippen LogP contribution >= 0.6 is 11.8 Å². The number of amides is 1. The number of carbonyl (C=O) groups excluding carboxylic acids is 1. The van der Waals surface area contributed by atoms with Gasteiger partial charge in [-0.1, -0.05) is 0 Å². The van der Waals surface area contributed by atoms with Gasteiger partial charge in [0.15, 0.2) is 0 Å². The third-order valence-corrected chi connectivity index (χ3v) is 0.630. The molecule has 0 aromatic rings. The van der Waals surface area contributed by atoms with Gasteiger partial charge < -0.3 is 4.90 Å². The second-order valence-electron chi connectivity index (χ2n) is 1.82. The lowest BCUT2D eigenvalue weighted by atomic mass is 10.7. The molecule has 0 aliphatic heterocycles. The maximum Gasteiger partial charge on any atom is 0.218 e. The lowest BCUT2D eigenvalue weighted by Gasteiger charge is -2.02. The minimum atomic E-state index is 0.0926. The zero-order valence-electron chi connectivity index (χ0n) is 6.76. The summed E-state index contributed by atoms with van der Waals surface area (Å²) in [5, 5.41) is 0. The van der Waals surface area contributed by atoms with Gasteiger partial charge in [-0.25, -0.2) is 0 Å². The molecule has 0 saturated carbocycles. The third-order valence-electron chi connectivity index (χ3n) is 0.630. The minimum Gasteiger partial charge on any atom is -0.349 e. The first-order valence-corrected chi connectivity index (χ1v) is 4.27. The van der Waals surface area contributed by atoms with E-state index in [1.165, 1.54) is 11.8 Å². The molecular weight excluding hydrogens is 134 g/mol. The average Bonchev–Trinajstić information content (AvgIpc) is 1.68. The van der Waals surface area contributed by atoms with Gasteiger partial charge in [-0.15, -0.1) is 0 Å². The van der Waals surface area contributed by atoms with Crippen molar-refractivity contribution in [1.29, 1.82) is 0 Å². The Kier molecular flexibility index (Phi) is 10.1. The Hall–Kier alpha value is -0.180. The minimum absolute atomic E-state index is 0.0926. The molecule has 0 atom stereocenters. The molecule has 0 unspecified atom stereocenters. The molecule has 0 aliphatic carbocycles. The van der Waals surface area contributed by atoms with E-state index < -0.39 is 0 Å². The van der Waals surface area contributed by atoms with E-state index in [4.69, 9.17) is 0 Å². The second kappa shape index (κ2) is 7.82. The lowest BCUT2D eigenvalue weighted by Crippen LogP contribution is -2.17. The molecule has 3 heteroatoms. The van der Waals surface area contributed by atoms with Crippen LogP contribution in [0.15, 0.2) is 0 Å². The van der Waals surface area contributed by atoms with Gasteiger partial charge in [0, 0.05) is 21.0 Å². The van der Waals surface area contributed by atoms with Crippen LogP contribution in [0.2, 0.25) is 0 Å². The zero-order chi connectivity index (χ0) is 7.86. The van der Waals surface area contributed by atoms with Gasteiger partial charge in [0.25, 0.3) is 0 Å². The Morgan fingerprint density at radius 2 is 1.44 bits per heavy atom. The molecule has 0 aromatic carbocycles. The van der Waals surface area contributed by atoms with Crippen LogP contribution in [0.4, 0.5) is 0 Å². The van der Waals surface area contributed by atoms with Crippen LogP contribution < -0.4 is 0 Å². The van der Waals surface area contributed by atoms with E-state index in [9.17, 15) is 4.79 Å². The van der Waals surface area contributed by atoms with Crippen molar-refractivity contribution >= 4 is 17.7 Å². The third kappa shape index (κ3) is 18.2. The van der Waals surface area contributed by atoms with Gasteiger partial charge in [0.2, 0.25) is 5.91 Å².